The van der Waals surface area contributed by atoms with Crippen molar-refractivity contribution in [3.05, 3.63) is 58.2 Å². The van der Waals surface area contributed by atoms with Crippen molar-refractivity contribution in [2.75, 3.05) is 13.7 Å². The second-order valence-electron chi connectivity index (χ2n) is 6.48. The zero-order valence-corrected chi connectivity index (χ0v) is 15.3. The number of rotatable bonds is 6. The third-order valence-corrected chi connectivity index (χ3v) is 4.23. The van der Waals surface area contributed by atoms with Gasteiger partial charge in [0.15, 0.2) is 18.2 Å². The summed E-state index contributed by atoms with van der Waals surface area (Å²) >= 11 is 0. The maximum atomic E-state index is 14.5. The highest BCUT2D eigenvalue weighted by Crippen LogP contribution is 2.30. The number of aryl methyl sites for hydroxylation is 1. The molecule has 6 heteroatoms. The van der Waals surface area contributed by atoms with Gasteiger partial charge in [-0.15, -0.1) is 0 Å². The number of aromatic hydroxyl groups is 1. The fraction of sp³-hybridized carbons (Fsp3) is 0.350. The van der Waals surface area contributed by atoms with Crippen LogP contribution >= 0.6 is 0 Å². The van der Waals surface area contributed by atoms with E-state index in [1.807, 2.05) is 13.8 Å². The molecule has 0 aliphatic rings. The van der Waals surface area contributed by atoms with E-state index in [9.17, 15) is 18.7 Å². The van der Waals surface area contributed by atoms with Crippen LogP contribution < -0.4 is 10.1 Å². The number of hydrogen-bond donors (Lipinski definition) is 2. The Balaban J connectivity index is 2.32. The number of amides is 1. The summed E-state index contributed by atoms with van der Waals surface area (Å²) in [5.41, 5.74) is 2.27. The van der Waals surface area contributed by atoms with Gasteiger partial charge in [-0.2, -0.15) is 4.39 Å². The predicted molar refractivity (Wildman–Crippen MR) is 95.7 cm³/mol. The van der Waals surface area contributed by atoms with E-state index in [2.05, 4.69) is 5.32 Å². The summed E-state index contributed by atoms with van der Waals surface area (Å²) in [6, 6.07) is 6.44. The Bertz CT molecular complexity index is 819. The molecule has 2 aromatic carbocycles. The minimum Gasteiger partial charge on any atom is -0.508 e. The van der Waals surface area contributed by atoms with E-state index < -0.39 is 17.5 Å². The van der Waals surface area contributed by atoms with E-state index in [4.69, 9.17) is 4.74 Å². The minimum atomic E-state index is -1.11. The molecule has 0 saturated carbocycles. The van der Waals surface area contributed by atoms with Crippen LogP contribution in [0.1, 0.15) is 42.0 Å². The van der Waals surface area contributed by atoms with Crippen LogP contribution in [0, 0.1) is 18.6 Å². The number of likely N-dealkylation sites (N-methyl/N-ethyl adjacent to an activating group) is 1. The summed E-state index contributed by atoms with van der Waals surface area (Å²) < 4.78 is 33.9. The summed E-state index contributed by atoms with van der Waals surface area (Å²) in [6.07, 6.45) is 0.185. The molecule has 2 aromatic rings. The highest BCUT2D eigenvalue weighted by Gasteiger charge is 2.19. The lowest BCUT2D eigenvalue weighted by atomic mass is 9.94. The number of benzene rings is 2. The number of carbonyl (C=O) groups is 1. The van der Waals surface area contributed by atoms with E-state index in [0.29, 0.717) is 5.56 Å². The van der Waals surface area contributed by atoms with Crippen LogP contribution in [0.2, 0.25) is 0 Å². The molecule has 26 heavy (non-hydrogen) atoms. The standard InChI is InChI=1S/C20H23F2NO3/c1-11(2)14-8-13(5-6-16(14)24)9-15-12(3)7-17(20(22)19(15)21)26-10-18(25)23-4/h5-8,11,24H,9-10H2,1-4H3,(H,23,25). The summed E-state index contributed by atoms with van der Waals surface area (Å²) in [4.78, 5) is 11.2. The molecule has 4 nitrogen and oxygen atoms in total. The first kappa shape index (κ1) is 19.7. The van der Waals surface area contributed by atoms with Gasteiger partial charge in [0.05, 0.1) is 0 Å². The fourth-order valence-corrected chi connectivity index (χ4v) is 2.68. The van der Waals surface area contributed by atoms with Crippen LogP contribution in [0.4, 0.5) is 8.78 Å². The molecule has 2 rings (SSSR count). The van der Waals surface area contributed by atoms with Gasteiger partial charge >= 0.3 is 0 Å². The van der Waals surface area contributed by atoms with Gasteiger partial charge in [-0.25, -0.2) is 4.39 Å². The first-order chi connectivity index (χ1) is 12.2. The predicted octanol–water partition coefficient (Wildman–Crippen LogP) is 3.82. The Labute approximate surface area is 151 Å². The maximum absolute atomic E-state index is 14.5. The van der Waals surface area contributed by atoms with Gasteiger partial charge in [-0.1, -0.05) is 26.0 Å². The first-order valence-corrected chi connectivity index (χ1v) is 8.37. The Kier molecular flexibility index (Phi) is 6.18. The molecule has 0 spiro atoms. The Morgan fingerprint density at radius 2 is 1.92 bits per heavy atom. The summed E-state index contributed by atoms with van der Waals surface area (Å²) in [6.45, 7) is 5.17. The lowest BCUT2D eigenvalue weighted by Crippen LogP contribution is -2.25. The zero-order chi connectivity index (χ0) is 19.4. The van der Waals surface area contributed by atoms with Crippen molar-refractivity contribution in [1.29, 1.82) is 0 Å². The summed E-state index contributed by atoms with van der Waals surface area (Å²) in [7, 11) is 1.43. The molecule has 0 aliphatic carbocycles. The van der Waals surface area contributed by atoms with Gasteiger partial charge < -0.3 is 15.2 Å². The second-order valence-corrected chi connectivity index (χ2v) is 6.48. The Hall–Kier alpha value is -2.63. The Morgan fingerprint density at radius 1 is 1.23 bits per heavy atom. The molecule has 0 atom stereocenters. The van der Waals surface area contributed by atoms with Gasteiger partial charge in [-0.05, 0) is 47.2 Å². The van der Waals surface area contributed by atoms with Crippen molar-refractivity contribution >= 4 is 5.91 Å². The number of ether oxygens (including phenoxy) is 1. The van der Waals surface area contributed by atoms with Crippen molar-refractivity contribution < 1.29 is 23.4 Å². The molecule has 0 saturated heterocycles. The lowest BCUT2D eigenvalue weighted by molar-refractivity contribution is -0.122. The van der Waals surface area contributed by atoms with E-state index in [0.717, 1.165) is 11.1 Å². The number of carbonyl (C=O) groups excluding carboxylic acids is 1. The van der Waals surface area contributed by atoms with Crippen LogP contribution in [0.15, 0.2) is 24.3 Å². The number of halogens is 2. The molecule has 0 aromatic heterocycles. The molecule has 1 amide bonds. The van der Waals surface area contributed by atoms with E-state index in [-0.39, 0.29) is 36.0 Å². The zero-order valence-electron chi connectivity index (χ0n) is 15.3. The van der Waals surface area contributed by atoms with E-state index in [1.54, 1.807) is 25.1 Å². The number of phenols is 1. The fourth-order valence-electron chi connectivity index (χ4n) is 2.68. The second kappa shape index (κ2) is 8.17. The molecular formula is C20H23F2NO3. The molecule has 0 bridgehead atoms. The van der Waals surface area contributed by atoms with Crippen molar-refractivity contribution in [2.24, 2.45) is 0 Å². The SMILES string of the molecule is CNC(=O)COc1cc(C)c(Cc2ccc(O)c(C(C)C)c2)c(F)c1F. The van der Waals surface area contributed by atoms with Crippen LogP contribution in [-0.2, 0) is 11.2 Å². The molecular weight excluding hydrogens is 340 g/mol. The van der Waals surface area contributed by atoms with Gasteiger partial charge in [0.1, 0.15) is 5.75 Å². The third kappa shape index (κ3) is 4.31. The van der Waals surface area contributed by atoms with Crippen molar-refractivity contribution in [3.8, 4) is 11.5 Å². The van der Waals surface area contributed by atoms with Crippen molar-refractivity contribution in [1.82, 2.24) is 5.32 Å². The van der Waals surface area contributed by atoms with Gasteiger partial charge in [0.25, 0.3) is 5.91 Å². The van der Waals surface area contributed by atoms with Gasteiger partial charge in [0, 0.05) is 13.5 Å². The van der Waals surface area contributed by atoms with Crippen LogP contribution in [0.3, 0.4) is 0 Å². The monoisotopic (exact) mass is 363 g/mol. The topological polar surface area (TPSA) is 58.6 Å². The smallest absolute Gasteiger partial charge is 0.257 e. The summed E-state index contributed by atoms with van der Waals surface area (Å²) in [5.74, 6) is -2.53. The Morgan fingerprint density at radius 3 is 2.54 bits per heavy atom. The number of hydrogen-bond acceptors (Lipinski definition) is 3. The first-order valence-electron chi connectivity index (χ1n) is 8.37. The van der Waals surface area contributed by atoms with Crippen LogP contribution in [-0.4, -0.2) is 24.7 Å². The lowest BCUT2D eigenvalue weighted by Gasteiger charge is -2.15. The molecule has 140 valence electrons. The van der Waals surface area contributed by atoms with E-state index in [1.165, 1.54) is 13.1 Å². The van der Waals surface area contributed by atoms with Crippen molar-refractivity contribution in [2.45, 2.75) is 33.1 Å². The van der Waals surface area contributed by atoms with Crippen LogP contribution in [0.25, 0.3) is 0 Å². The van der Waals surface area contributed by atoms with Crippen molar-refractivity contribution in [3.63, 3.8) is 0 Å². The molecule has 0 radical (unpaired) electrons. The molecule has 0 aliphatic heterocycles. The number of phenolic OH excluding ortho intramolecular Hbond substituents is 1. The quantitative estimate of drug-likeness (QED) is 0.820. The molecule has 2 N–H and O–H groups in total. The van der Waals surface area contributed by atoms with E-state index >= 15 is 0 Å². The normalized spacial score (nSPS) is 10.9. The van der Waals surface area contributed by atoms with Gasteiger partial charge in [0.2, 0.25) is 5.82 Å². The third-order valence-electron chi connectivity index (χ3n) is 4.23. The largest absolute Gasteiger partial charge is 0.508 e. The van der Waals surface area contributed by atoms with Crippen LogP contribution in [0.5, 0.6) is 11.5 Å². The molecule has 0 unspecified atom stereocenters. The highest BCUT2D eigenvalue weighted by molar-refractivity contribution is 5.77. The van der Waals surface area contributed by atoms with Gasteiger partial charge in [-0.3, -0.25) is 4.79 Å². The minimum absolute atomic E-state index is 0.109. The molecule has 0 heterocycles. The highest BCUT2D eigenvalue weighted by atomic mass is 19.2. The maximum Gasteiger partial charge on any atom is 0.257 e. The average Bonchev–Trinajstić information content (AvgIpc) is 2.61. The molecule has 0 fully saturated rings. The average molecular weight is 363 g/mol. The summed E-state index contributed by atoms with van der Waals surface area (Å²) in [5, 5.41) is 12.2. The number of nitrogens with one attached hydrogen (secondary N) is 1.